The Balaban J connectivity index is 2.03. The molecule has 0 saturated heterocycles. The molecule has 1 nitrogen and oxygen atoms in total. The van der Waals surface area contributed by atoms with Gasteiger partial charge in [0.2, 0.25) is 0 Å². The number of benzene rings is 2. The maximum absolute atomic E-state index is 6.11. The second-order valence-corrected chi connectivity index (χ2v) is 6.26. The van der Waals surface area contributed by atoms with Crippen molar-refractivity contribution in [3.05, 3.63) is 59.7 Å². The second kappa shape index (κ2) is 7.04. The maximum atomic E-state index is 6.11. The molecule has 0 aliphatic rings. The van der Waals surface area contributed by atoms with E-state index in [1.54, 1.807) is 0 Å². The van der Waals surface area contributed by atoms with Crippen molar-refractivity contribution in [2.24, 2.45) is 0 Å². The molecular weight excluding hydrogens is 276 g/mol. The summed E-state index contributed by atoms with van der Waals surface area (Å²) in [6.45, 7) is 6.51. The van der Waals surface area contributed by atoms with Crippen LogP contribution in [-0.4, -0.2) is 5.60 Å². The summed E-state index contributed by atoms with van der Waals surface area (Å²) in [7, 11) is 0. The average molecular weight is 300 g/mol. The molecule has 112 valence electrons. The van der Waals surface area contributed by atoms with E-state index in [9.17, 15) is 0 Å². The van der Waals surface area contributed by atoms with E-state index in [1.807, 2.05) is 12.1 Å². The fourth-order valence-electron chi connectivity index (χ4n) is 2.20. The summed E-state index contributed by atoms with van der Waals surface area (Å²) in [5, 5.41) is 0. The minimum Gasteiger partial charge on any atom is -0.488 e. The van der Waals surface area contributed by atoms with Gasteiger partial charge in [-0.05, 0) is 61.6 Å². The topological polar surface area (TPSA) is 9.23 Å². The minimum absolute atomic E-state index is 0.0656. The van der Waals surface area contributed by atoms with E-state index in [4.69, 9.17) is 4.74 Å². The van der Waals surface area contributed by atoms with Gasteiger partial charge >= 0.3 is 0 Å². The van der Waals surface area contributed by atoms with Crippen LogP contribution in [0.4, 0.5) is 0 Å². The first-order valence-electron chi connectivity index (χ1n) is 7.60. The predicted molar refractivity (Wildman–Crippen MR) is 92.6 cm³/mol. The highest BCUT2D eigenvalue weighted by molar-refractivity contribution is 7.80. The van der Waals surface area contributed by atoms with E-state index >= 15 is 0 Å². The summed E-state index contributed by atoms with van der Waals surface area (Å²) in [5.74, 6) is 0.954. The number of hydrogen-bond donors (Lipinski definition) is 1. The van der Waals surface area contributed by atoms with E-state index in [2.05, 4.69) is 69.8 Å². The maximum Gasteiger partial charge on any atom is 0.120 e. The van der Waals surface area contributed by atoms with Crippen LogP contribution in [0.1, 0.15) is 44.7 Å². The van der Waals surface area contributed by atoms with Crippen LogP contribution in [0.5, 0.6) is 5.75 Å². The zero-order valence-corrected chi connectivity index (χ0v) is 14.0. The van der Waals surface area contributed by atoms with Gasteiger partial charge in [0.1, 0.15) is 11.4 Å². The Labute approximate surface area is 133 Å². The average Bonchev–Trinajstić information content (AvgIpc) is 2.51. The Hall–Kier alpha value is -1.41. The lowest BCUT2D eigenvalue weighted by Gasteiger charge is -2.28. The molecule has 0 amide bonds. The van der Waals surface area contributed by atoms with Crippen LogP contribution in [-0.2, 0) is 6.42 Å². The normalized spacial score (nSPS) is 11.4. The molecule has 0 atom stereocenters. The van der Waals surface area contributed by atoms with Crippen molar-refractivity contribution in [3.63, 3.8) is 0 Å². The molecule has 0 bridgehead atoms. The molecular formula is C19H24OS. The van der Waals surface area contributed by atoms with Crippen molar-refractivity contribution < 1.29 is 4.74 Å². The van der Waals surface area contributed by atoms with Crippen LogP contribution in [0.25, 0.3) is 0 Å². The molecule has 0 fully saturated rings. The van der Waals surface area contributed by atoms with Crippen LogP contribution in [0.3, 0.4) is 0 Å². The molecule has 2 rings (SSSR count). The zero-order valence-electron chi connectivity index (χ0n) is 13.1. The first-order valence-corrected chi connectivity index (χ1v) is 8.05. The molecule has 0 aliphatic heterocycles. The largest absolute Gasteiger partial charge is 0.488 e. The van der Waals surface area contributed by atoms with Gasteiger partial charge in [-0.2, -0.15) is 0 Å². The van der Waals surface area contributed by atoms with Crippen molar-refractivity contribution in [1.29, 1.82) is 0 Å². The molecule has 0 N–H and O–H groups in total. The predicted octanol–water partition coefficient (Wildman–Crippen LogP) is 5.52. The monoisotopic (exact) mass is 300 g/mol. The van der Waals surface area contributed by atoms with Gasteiger partial charge in [-0.25, -0.2) is 0 Å². The fourth-order valence-corrected chi connectivity index (χ4v) is 2.35. The van der Waals surface area contributed by atoms with Gasteiger partial charge in [0.05, 0.1) is 0 Å². The van der Waals surface area contributed by atoms with Crippen LogP contribution in [0.15, 0.2) is 53.4 Å². The van der Waals surface area contributed by atoms with E-state index in [0.717, 1.165) is 29.9 Å². The summed E-state index contributed by atoms with van der Waals surface area (Å²) in [6.07, 6.45) is 2.97. The molecule has 0 aromatic heterocycles. The first-order chi connectivity index (χ1) is 10.0. The summed E-state index contributed by atoms with van der Waals surface area (Å²) < 4.78 is 6.11. The Kier molecular flexibility index (Phi) is 5.35. The molecule has 2 heteroatoms. The lowest BCUT2D eigenvalue weighted by atomic mass is 10.00. The molecule has 0 aliphatic carbocycles. The summed E-state index contributed by atoms with van der Waals surface area (Å²) >= 11 is 4.31. The Morgan fingerprint density at radius 2 is 1.33 bits per heavy atom. The standard InChI is InChI=1S/C19H24OS/c1-4-19(3,5-2)20-17-10-6-15(7-11-17)14-16-8-12-18(21)13-9-16/h6-13,21H,4-5,14H2,1-3H3. The quantitative estimate of drug-likeness (QED) is 0.691. The van der Waals surface area contributed by atoms with Crippen LogP contribution >= 0.6 is 12.6 Å². The van der Waals surface area contributed by atoms with Gasteiger partial charge in [0.15, 0.2) is 0 Å². The first kappa shape index (κ1) is 16.0. The summed E-state index contributed by atoms with van der Waals surface area (Å²) in [5.41, 5.74) is 2.53. The van der Waals surface area contributed by atoms with E-state index in [1.165, 1.54) is 11.1 Å². The number of thiol groups is 1. The van der Waals surface area contributed by atoms with Gasteiger partial charge in [0, 0.05) is 4.90 Å². The zero-order chi connectivity index (χ0) is 15.3. The van der Waals surface area contributed by atoms with Gasteiger partial charge in [-0.15, -0.1) is 12.6 Å². The third-order valence-corrected chi connectivity index (χ3v) is 4.43. The summed E-state index contributed by atoms with van der Waals surface area (Å²) in [6, 6.07) is 16.8. The number of ether oxygens (including phenoxy) is 1. The fraction of sp³-hybridized carbons (Fsp3) is 0.368. The number of hydrogen-bond acceptors (Lipinski definition) is 2. The van der Waals surface area contributed by atoms with E-state index in [-0.39, 0.29) is 5.60 Å². The third kappa shape index (κ3) is 4.53. The lowest BCUT2D eigenvalue weighted by Crippen LogP contribution is -2.30. The summed E-state index contributed by atoms with van der Waals surface area (Å²) in [4.78, 5) is 1.00. The smallest absolute Gasteiger partial charge is 0.120 e. The highest BCUT2D eigenvalue weighted by Crippen LogP contribution is 2.25. The second-order valence-electron chi connectivity index (χ2n) is 5.75. The van der Waals surface area contributed by atoms with Gasteiger partial charge in [-0.3, -0.25) is 0 Å². The van der Waals surface area contributed by atoms with E-state index < -0.39 is 0 Å². The van der Waals surface area contributed by atoms with Crippen molar-refractivity contribution in [2.75, 3.05) is 0 Å². The highest BCUT2D eigenvalue weighted by atomic mass is 32.1. The van der Waals surface area contributed by atoms with Crippen molar-refractivity contribution in [2.45, 2.75) is 50.5 Å². The molecule has 0 radical (unpaired) electrons. The van der Waals surface area contributed by atoms with E-state index in [0.29, 0.717) is 0 Å². The molecule has 2 aromatic rings. The van der Waals surface area contributed by atoms with Crippen LogP contribution < -0.4 is 4.74 Å². The molecule has 0 spiro atoms. The Morgan fingerprint density at radius 3 is 1.81 bits per heavy atom. The molecule has 0 unspecified atom stereocenters. The van der Waals surface area contributed by atoms with Gasteiger partial charge < -0.3 is 4.74 Å². The highest BCUT2D eigenvalue weighted by Gasteiger charge is 2.21. The van der Waals surface area contributed by atoms with Crippen molar-refractivity contribution in [3.8, 4) is 5.75 Å². The lowest BCUT2D eigenvalue weighted by molar-refractivity contribution is 0.0803. The van der Waals surface area contributed by atoms with Crippen LogP contribution in [0.2, 0.25) is 0 Å². The number of rotatable bonds is 6. The Morgan fingerprint density at radius 1 is 0.857 bits per heavy atom. The minimum atomic E-state index is -0.0656. The Bertz CT molecular complexity index is 553. The van der Waals surface area contributed by atoms with Gasteiger partial charge in [0.25, 0.3) is 0 Å². The SMILES string of the molecule is CCC(C)(CC)Oc1ccc(Cc2ccc(S)cc2)cc1. The molecule has 2 aromatic carbocycles. The molecule has 0 heterocycles. The van der Waals surface area contributed by atoms with Crippen LogP contribution in [0, 0.1) is 0 Å². The molecule has 0 saturated carbocycles. The molecule has 21 heavy (non-hydrogen) atoms. The van der Waals surface area contributed by atoms with Gasteiger partial charge in [-0.1, -0.05) is 38.1 Å². The van der Waals surface area contributed by atoms with Crippen molar-refractivity contribution >= 4 is 12.6 Å². The third-order valence-electron chi connectivity index (χ3n) is 4.13. The van der Waals surface area contributed by atoms with Crippen molar-refractivity contribution in [1.82, 2.24) is 0 Å².